The number of anilines is 1. The second-order valence-electron chi connectivity index (χ2n) is 6.82. The van der Waals surface area contributed by atoms with Crippen molar-refractivity contribution in [1.29, 1.82) is 0 Å². The number of nitrogens with one attached hydrogen (secondary N) is 2. The van der Waals surface area contributed by atoms with Gasteiger partial charge in [-0.05, 0) is 54.9 Å². The summed E-state index contributed by atoms with van der Waals surface area (Å²) in [5.41, 5.74) is 1.54. The fourth-order valence-electron chi connectivity index (χ4n) is 2.99. The van der Waals surface area contributed by atoms with Crippen molar-refractivity contribution in [3.05, 3.63) is 59.4 Å². The van der Waals surface area contributed by atoms with E-state index in [9.17, 15) is 9.59 Å². The van der Waals surface area contributed by atoms with Gasteiger partial charge in [-0.3, -0.25) is 14.6 Å². The summed E-state index contributed by atoms with van der Waals surface area (Å²) in [6.07, 6.45) is 3.40. The molecule has 2 heterocycles. The Labute approximate surface area is 188 Å². The van der Waals surface area contributed by atoms with E-state index in [0.29, 0.717) is 23.2 Å². The van der Waals surface area contributed by atoms with Gasteiger partial charge in [0.1, 0.15) is 6.54 Å². The van der Waals surface area contributed by atoms with Crippen molar-refractivity contribution in [2.45, 2.75) is 13.5 Å². The first-order chi connectivity index (χ1) is 13.0. The second kappa shape index (κ2) is 12.0. The molecule has 1 aliphatic heterocycles. The van der Waals surface area contributed by atoms with Crippen molar-refractivity contribution in [3.63, 3.8) is 0 Å². The number of aromatic nitrogens is 1. The molecule has 0 radical (unpaired) electrons. The van der Waals surface area contributed by atoms with Gasteiger partial charge in [-0.15, -0.1) is 24.8 Å². The number of carbonyl (C=O) groups excluding carboxylic acids is 2. The van der Waals surface area contributed by atoms with Crippen molar-refractivity contribution in [2.24, 2.45) is 11.8 Å². The number of carbonyl (C=O) groups is 2. The van der Waals surface area contributed by atoms with Gasteiger partial charge in [0.2, 0.25) is 11.8 Å². The van der Waals surface area contributed by atoms with Crippen LogP contribution < -0.4 is 10.6 Å². The van der Waals surface area contributed by atoms with Crippen molar-refractivity contribution >= 4 is 53.9 Å². The number of hydrogen-bond acceptors (Lipinski definition) is 4. The Balaban J connectivity index is 0.00000210. The van der Waals surface area contributed by atoms with E-state index in [2.05, 4.69) is 15.6 Å². The molecule has 9 heteroatoms. The smallest absolute Gasteiger partial charge is 0.244 e. The molecule has 0 saturated carbocycles. The zero-order valence-electron chi connectivity index (χ0n) is 16.0. The highest BCUT2D eigenvalue weighted by molar-refractivity contribution is 6.30. The van der Waals surface area contributed by atoms with Crippen LogP contribution in [0, 0.1) is 11.8 Å². The number of amides is 2. The molecule has 1 aliphatic rings. The quantitative estimate of drug-likeness (QED) is 0.665. The van der Waals surface area contributed by atoms with Crippen molar-refractivity contribution in [3.8, 4) is 0 Å². The Bertz CT molecular complexity index is 786. The number of hydrogen-bond donors (Lipinski definition) is 2. The summed E-state index contributed by atoms with van der Waals surface area (Å²) in [5, 5.41) is 6.61. The summed E-state index contributed by atoms with van der Waals surface area (Å²) < 4.78 is 0. The second-order valence-corrected chi connectivity index (χ2v) is 7.25. The van der Waals surface area contributed by atoms with Gasteiger partial charge in [0.15, 0.2) is 0 Å². The molecule has 1 aromatic heterocycles. The third-order valence-electron chi connectivity index (χ3n) is 4.78. The van der Waals surface area contributed by atoms with E-state index in [-0.39, 0.29) is 49.1 Å². The van der Waals surface area contributed by atoms with Crippen LogP contribution >= 0.6 is 36.4 Å². The molecule has 2 N–H and O–H groups in total. The maximum atomic E-state index is 13.0. The summed E-state index contributed by atoms with van der Waals surface area (Å²) in [4.78, 5) is 31.2. The Morgan fingerprint density at radius 2 is 1.93 bits per heavy atom. The lowest BCUT2D eigenvalue weighted by atomic mass is 9.88. The molecule has 1 atom stereocenters. The van der Waals surface area contributed by atoms with Crippen molar-refractivity contribution in [1.82, 2.24) is 15.2 Å². The highest BCUT2D eigenvalue weighted by Gasteiger charge is 2.32. The first-order valence-electron chi connectivity index (χ1n) is 8.97. The van der Waals surface area contributed by atoms with E-state index in [0.717, 1.165) is 18.7 Å². The molecule has 1 saturated heterocycles. The largest absolute Gasteiger partial charge is 0.329 e. The van der Waals surface area contributed by atoms with E-state index in [1.807, 2.05) is 19.1 Å². The number of nitrogens with zero attached hydrogens (tertiary/aromatic N) is 2. The number of benzene rings is 1. The molecule has 3 rings (SSSR count). The Morgan fingerprint density at radius 3 is 2.48 bits per heavy atom. The van der Waals surface area contributed by atoms with Gasteiger partial charge in [-0.1, -0.05) is 24.6 Å². The van der Waals surface area contributed by atoms with Crippen LogP contribution in [0.15, 0.2) is 48.8 Å². The van der Waals surface area contributed by atoms with Gasteiger partial charge in [-0.2, -0.15) is 0 Å². The maximum absolute atomic E-state index is 13.0. The molecule has 0 spiro atoms. The predicted molar refractivity (Wildman–Crippen MR) is 120 cm³/mol. The summed E-state index contributed by atoms with van der Waals surface area (Å²) in [6.45, 7) is 3.95. The monoisotopic (exact) mass is 458 g/mol. The summed E-state index contributed by atoms with van der Waals surface area (Å²) in [5.74, 6) is -0.0791. The average Bonchev–Trinajstić information content (AvgIpc) is 2.62. The molecular weight excluding hydrogens is 435 g/mol. The highest BCUT2D eigenvalue weighted by atomic mass is 35.5. The van der Waals surface area contributed by atoms with Crippen LogP contribution in [0.1, 0.15) is 12.5 Å². The minimum absolute atomic E-state index is 0. The molecule has 1 aromatic carbocycles. The molecule has 29 heavy (non-hydrogen) atoms. The lowest BCUT2D eigenvalue weighted by Gasteiger charge is -2.35. The third-order valence-corrected chi connectivity index (χ3v) is 5.03. The molecule has 158 valence electrons. The van der Waals surface area contributed by atoms with Crippen LogP contribution in [0.4, 0.5) is 5.69 Å². The zero-order chi connectivity index (χ0) is 19.2. The number of pyridine rings is 1. The van der Waals surface area contributed by atoms with Crippen LogP contribution in [0.3, 0.4) is 0 Å². The number of rotatable bonds is 7. The molecule has 2 amide bonds. The molecular formula is C20H25Cl3N4O2. The van der Waals surface area contributed by atoms with Gasteiger partial charge in [0, 0.05) is 35.6 Å². The topological polar surface area (TPSA) is 74.3 Å². The fourth-order valence-corrected chi connectivity index (χ4v) is 3.11. The van der Waals surface area contributed by atoms with E-state index in [4.69, 9.17) is 11.6 Å². The summed E-state index contributed by atoms with van der Waals surface area (Å²) in [6, 6.07) is 10.6. The Hall–Kier alpha value is -1.86. The number of halogens is 3. The minimum atomic E-state index is -0.242. The van der Waals surface area contributed by atoms with Crippen molar-refractivity contribution in [2.75, 3.05) is 25.0 Å². The normalized spacial score (nSPS) is 13.9. The fraction of sp³-hybridized carbons (Fsp3) is 0.350. The van der Waals surface area contributed by atoms with Crippen LogP contribution in [0.25, 0.3) is 0 Å². The summed E-state index contributed by atoms with van der Waals surface area (Å²) in [7, 11) is 0. The molecule has 0 aliphatic carbocycles. The molecule has 0 bridgehead atoms. The average molecular weight is 460 g/mol. The molecule has 1 fully saturated rings. The van der Waals surface area contributed by atoms with Crippen LogP contribution in [0.5, 0.6) is 0 Å². The van der Waals surface area contributed by atoms with Gasteiger partial charge in [0.25, 0.3) is 0 Å². The lowest BCUT2D eigenvalue weighted by molar-refractivity contribution is -0.140. The Morgan fingerprint density at radius 1 is 1.24 bits per heavy atom. The molecule has 2 aromatic rings. The van der Waals surface area contributed by atoms with Gasteiger partial charge in [0.05, 0.1) is 0 Å². The van der Waals surface area contributed by atoms with Gasteiger partial charge in [-0.25, -0.2) is 0 Å². The third kappa shape index (κ3) is 7.16. The maximum Gasteiger partial charge on any atom is 0.244 e. The lowest BCUT2D eigenvalue weighted by Crippen LogP contribution is -2.51. The van der Waals surface area contributed by atoms with E-state index >= 15 is 0 Å². The van der Waals surface area contributed by atoms with Gasteiger partial charge >= 0.3 is 0 Å². The predicted octanol–water partition coefficient (Wildman–Crippen LogP) is 3.40. The van der Waals surface area contributed by atoms with Crippen LogP contribution in [0.2, 0.25) is 5.02 Å². The SMILES string of the molecule is CC(C(=O)N(CC(=O)Nc1ccc(Cl)cc1)Cc1cccnc1)C1CNC1.Cl.Cl. The molecule has 6 nitrogen and oxygen atoms in total. The first kappa shape index (κ1) is 25.2. The van der Waals surface area contributed by atoms with E-state index < -0.39 is 0 Å². The van der Waals surface area contributed by atoms with Crippen molar-refractivity contribution < 1.29 is 9.59 Å². The summed E-state index contributed by atoms with van der Waals surface area (Å²) >= 11 is 5.87. The molecule has 1 unspecified atom stereocenters. The standard InChI is InChI=1S/C20H23ClN4O2.2ClH/c1-14(16-10-23-11-16)20(27)25(12-15-3-2-8-22-9-15)13-19(26)24-18-6-4-17(21)5-7-18;;/h2-9,14,16,23H,10-13H2,1H3,(H,24,26);2*1H. The Kier molecular flexibility index (Phi) is 10.4. The highest BCUT2D eigenvalue weighted by Crippen LogP contribution is 2.20. The van der Waals surface area contributed by atoms with E-state index in [1.54, 1.807) is 41.6 Å². The minimum Gasteiger partial charge on any atom is -0.329 e. The van der Waals surface area contributed by atoms with Crippen LogP contribution in [-0.2, 0) is 16.1 Å². The van der Waals surface area contributed by atoms with E-state index in [1.165, 1.54) is 0 Å². The first-order valence-corrected chi connectivity index (χ1v) is 9.34. The van der Waals surface area contributed by atoms with Gasteiger partial charge < -0.3 is 15.5 Å². The van der Waals surface area contributed by atoms with Crippen LogP contribution in [-0.4, -0.2) is 41.3 Å². The zero-order valence-corrected chi connectivity index (χ0v) is 18.4.